The third kappa shape index (κ3) is 4.07. The van der Waals surface area contributed by atoms with Crippen LogP contribution in [-0.2, 0) is 0 Å². The van der Waals surface area contributed by atoms with Crippen molar-refractivity contribution in [2.75, 3.05) is 6.61 Å². The van der Waals surface area contributed by atoms with Gasteiger partial charge in [0.25, 0.3) is 0 Å². The molecule has 0 spiro atoms. The van der Waals surface area contributed by atoms with Crippen LogP contribution in [0.4, 0.5) is 0 Å². The lowest BCUT2D eigenvalue weighted by Gasteiger charge is -2.10. The molecule has 0 amide bonds. The smallest absolute Gasteiger partial charge is 0.119 e. The molecule has 1 N–H and O–H groups in total. The maximum atomic E-state index is 9.71. The molecular weight excluding hydrogens is 200 g/mol. The van der Waals surface area contributed by atoms with E-state index in [-0.39, 0.29) is 0 Å². The lowest BCUT2D eigenvalue weighted by atomic mass is 10.1. The maximum absolute atomic E-state index is 9.71. The third-order valence-electron chi connectivity index (χ3n) is 2.42. The molecule has 88 valence electrons. The Morgan fingerprint density at radius 1 is 1.38 bits per heavy atom. The zero-order chi connectivity index (χ0) is 11.8. The summed E-state index contributed by atoms with van der Waals surface area (Å²) in [6.07, 6.45) is 4.05. The van der Waals surface area contributed by atoms with Crippen molar-refractivity contribution in [2.24, 2.45) is 0 Å². The lowest BCUT2D eigenvalue weighted by Crippen LogP contribution is -1.98. The molecule has 0 fully saturated rings. The molecule has 1 unspecified atom stereocenters. The summed E-state index contributed by atoms with van der Waals surface area (Å²) in [5.41, 5.74) is 0.905. The van der Waals surface area contributed by atoms with Crippen LogP contribution in [0.15, 0.2) is 36.9 Å². The van der Waals surface area contributed by atoms with Gasteiger partial charge in [-0.1, -0.05) is 31.6 Å². The zero-order valence-electron chi connectivity index (χ0n) is 9.86. The molecule has 1 rings (SSSR count). The molecule has 0 aromatic heterocycles. The van der Waals surface area contributed by atoms with Gasteiger partial charge in [-0.15, -0.1) is 6.58 Å². The molecule has 2 nitrogen and oxygen atoms in total. The Morgan fingerprint density at radius 2 is 2.06 bits per heavy atom. The van der Waals surface area contributed by atoms with Crippen molar-refractivity contribution in [3.8, 4) is 5.75 Å². The van der Waals surface area contributed by atoms with Gasteiger partial charge in [-0.3, -0.25) is 0 Å². The van der Waals surface area contributed by atoms with Gasteiger partial charge in [0.2, 0.25) is 0 Å². The predicted molar refractivity (Wildman–Crippen MR) is 66.6 cm³/mol. The molecule has 0 saturated heterocycles. The van der Waals surface area contributed by atoms with E-state index in [1.54, 1.807) is 6.08 Å². The van der Waals surface area contributed by atoms with Crippen molar-refractivity contribution in [3.63, 3.8) is 0 Å². The standard InChI is InChI=1S/C14H20O2/c1-3-5-11-16-13-9-7-12(8-10-13)14(15)6-4-2/h4,7-10,14-15H,2-3,5-6,11H2,1H3. The molecule has 0 aliphatic heterocycles. The molecule has 1 atom stereocenters. The summed E-state index contributed by atoms with van der Waals surface area (Å²) in [6.45, 7) is 6.50. The Hall–Kier alpha value is -1.28. The van der Waals surface area contributed by atoms with Crippen molar-refractivity contribution in [2.45, 2.75) is 32.3 Å². The minimum absolute atomic E-state index is 0.456. The second-order valence-corrected chi connectivity index (χ2v) is 3.81. The van der Waals surface area contributed by atoms with E-state index in [9.17, 15) is 5.11 Å². The van der Waals surface area contributed by atoms with Gasteiger partial charge < -0.3 is 9.84 Å². The average Bonchev–Trinajstić information content (AvgIpc) is 2.30. The number of benzene rings is 1. The van der Waals surface area contributed by atoms with Crippen molar-refractivity contribution in [1.29, 1.82) is 0 Å². The molecule has 1 aromatic rings. The molecule has 0 bridgehead atoms. The highest BCUT2D eigenvalue weighted by molar-refractivity contribution is 5.28. The molecule has 0 aliphatic rings. The first-order valence-electron chi connectivity index (χ1n) is 5.79. The van der Waals surface area contributed by atoms with Crippen molar-refractivity contribution in [3.05, 3.63) is 42.5 Å². The fraction of sp³-hybridized carbons (Fsp3) is 0.429. The molecular formula is C14H20O2. The highest BCUT2D eigenvalue weighted by atomic mass is 16.5. The molecule has 0 saturated carbocycles. The summed E-state index contributed by atoms with van der Waals surface area (Å²) in [4.78, 5) is 0. The highest BCUT2D eigenvalue weighted by Crippen LogP contribution is 2.20. The summed E-state index contributed by atoms with van der Waals surface area (Å²) in [6, 6.07) is 7.60. The number of hydrogen-bond acceptors (Lipinski definition) is 2. The minimum Gasteiger partial charge on any atom is -0.494 e. The first-order valence-corrected chi connectivity index (χ1v) is 5.79. The summed E-state index contributed by atoms with van der Waals surface area (Å²) < 4.78 is 5.54. The number of ether oxygens (including phenoxy) is 1. The lowest BCUT2D eigenvalue weighted by molar-refractivity contribution is 0.181. The zero-order valence-corrected chi connectivity index (χ0v) is 9.86. The fourth-order valence-electron chi connectivity index (χ4n) is 1.41. The fourth-order valence-corrected chi connectivity index (χ4v) is 1.41. The van der Waals surface area contributed by atoms with Crippen LogP contribution in [0.5, 0.6) is 5.75 Å². The second-order valence-electron chi connectivity index (χ2n) is 3.81. The maximum Gasteiger partial charge on any atom is 0.119 e. The monoisotopic (exact) mass is 220 g/mol. The van der Waals surface area contributed by atoms with Crippen LogP contribution in [0, 0.1) is 0 Å². The topological polar surface area (TPSA) is 29.5 Å². The van der Waals surface area contributed by atoms with E-state index in [0.717, 1.165) is 30.8 Å². The summed E-state index contributed by atoms with van der Waals surface area (Å²) in [7, 11) is 0. The van der Waals surface area contributed by atoms with Crippen LogP contribution in [0.25, 0.3) is 0 Å². The van der Waals surface area contributed by atoms with Crippen molar-refractivity contribution >= 4 is 0 Å². The first kappa shape index (κ1) is 12.8. The van der Waals surface area contributed by atoms with Crippen LogP contribution < -0.4 is 4.74 Å². The predicted octanol–water partition coefficient (Wildman–Crippen LogP) is 3.48. The number of rotatable bonds is 7. The Labute approximate surface area is 97.6 Å². The van der Waals surface area contributed by atoms with Gasteiger partial charge in [0, 0.05) is 0 Å². The summed E-state index contributed by atoms with van der Waals surface area (Å²) in [5.74, 6) is 0.864. The highest BCUT2D eigenvalue weighted by Gasteiger charge is 2.04. The normalized spacial score (nSPS) is 12.1. The minimum atomic E-state index is -0.456. The van der Waals surface area contributed by atoms with E-state index in [1.165, 1.54) is 0 Å². The Bertz CT molecular complexity index is 303. The van der Waals surface area contributed by atoms with Gasteiger partial charge in [0.1, 0.15) is 5.75 Å². The van der Waals surface area contributed by atoms with Gasteiger partial charge in [-0.25, -0.2) is 0 Å². The second kappa shape index (κ2) is 7.07. The number of unbranched alkanes of at least 4 members (excludes halogenated alkanes) is 1. The number of aliphatic hydroxyl groups is 1. The Balaban J connectivity index is 2.50. The number of aliphatic hydroxyl groups excluding tert-OH is 1. The SMILES string of the molecule is C=CCC(O)c1ccc(OCCCC)cc1. The van der Waals surface area contributed by atoms with Gasteiger partial charge in [-0.05, 0) is 30.5 Å². The first-order chi connectivity index (χ1) is 7.77. The molecule has 0 heterocycles. The summed E-state index contributed by atoms with van der Waals surface area (Å²) >= 11 is 0. The van der Waals surface area contributed by atoms with E-state index >= 15 is 0 Å². The van der Waals surface area contributed by atoms with Gasteiger partial charge >= 0.3 is 0 Å². The molecule has 16 heavy (non-hydrogen) atoms. The third-order valence-corrected chi connectivity index (χ3v) is 2.42. The van der Waals surface area contributed by atoms with E-state index in [4.69, 9.17) is 4.74 Å². The van der Waals surface area contributed by atoms with Gasteiger partial charge in [0.05, 0.1) is 12.7 Å². The van der Waals surface area contributed by atoms with Crippen LogP contribution in [0.2, 0.25) is 0 Å². The largest absolute Gasteiger partial charge is 0.494 e. The van der Waals surface area contributed by atoms with Crippen LogP contribution in [0.1, 0.15) is 37.9 Å². The number of hydrogen-bond donors (Lipinski definition) is 1. The molecule has 2 heteroatoms. The summed E-state index contributed by atoms with van der Waals surface area (Å²) in [5, 5.41) is 9.71. The molecule has 1 aromatic carbocycles. The van der Waals surface area contributed by atoms with E-state index in [0.29, 0.717) is 6.42 Å². The van der Waals surface area contributed by atoms with Gasteiger partial charge in [0.15, 0.2) is 0 Å². The van der Waals surface area contributed by atoms with E-state index in [1.807, 2.05) is 24.3 Å². The Morgan fingerprint density at radius 3 is 2.62 bits per heavy atom. The average molecular weight is 220 g/mol. The van der Waals surface area contributed by atoms with E-state index in [2.05, 4.69) is 13.5 Å². The molecule has 0 radical (unpaired) electrons. The van der Waals surface area contributed by atoms with E-state index < -0.39 is 6.10 Å². The van der Waals surface area contributed by atoms with Crippen LogP contribution in [0.3, 0.4) is 0 Å². The van der Waals surface area contributed by atoms with Gasteiger partial charge in [-0.2, -0.15) is 0 Å². The van der Waals surface area contributed by atoms with Crippen LogP contribution >= 0.6 is 0 Å². The quantitative estimate of drug-likeness (QED) is 0.563. The van der Waals surface area contributed by atoms with Crippen molar-refractivity contribution in [1.82, 2.24) is 0 Å². The van der Waals surface area contributed by atoms with Crippen molar-refractivity contribution < 1.29 is 9.84 Å². The molecule has 0 aliphatic carbocycles. The Kier molecular flexibility index (Phi) is 5.65. The van der Waals surface area contributed by atoms with Crippen LogP contribution in [-0.4, -0.2) is 11.7 Å².